The summed E-state index contributed by atoms with van der Waals surface area (Å²) in [6.45, 7) is 1.69. The van der Waals surface area contributed by atoms with Crippen LogP contribution in [-0.4, -0.2) is 17.4 Å². The van der Waals surface area contributed by atoms with Crippen molar-refractivity contribution in [3.63, 3.8) is 0 Å². The van der Waals surface area contributed by atoms with E-state index in [2.05, 4.69) is 0 Å². The Hall–Kier alpha value is -0.450. The fraction of sp³-hybridized carbons (Fsp3) is 0.947. The quantitative estimate of drug-likeness (QED) is 0.722. The van der Waals surface area contributed by atoms with Gasteiger partial charge in [-0.25, -0.2) is 0 Å². The van der Waals surface area contributed by atoms with Gasteiger partial charge in [0.25, 0.3) is 0 Å². The van der Waals surface area contributed by atoms with Crippen LogP contribution in [0.1, 0.15) is 71.1 Å². The summed E-state index contributed by atoms with van der Waals surface area (Å²) < 4.78 is 6.68. The van der Waals surface area contributed by atoms with E-state index in [1.165, 1.54) is 32.1 Å². The summed E-state index contributed by atoms with van der Waals surface area (Å²) in [4.78, 5) is 23.3. The van der Waals surface area contributed by atoms with Crippen LogP contribution in [0.4, 0.5) is 0 Å². The van der Waals surface area contributed by atoms with Crippen molar-refractivity contribution < 1.29 is 19.3 Å². The van der Waals surface area contributed by atoms with Gasteiger partial charge in [0, 0.05) is 31.1 Å². The summed E-state index contributed by atoms with van der Waals surface area (Å²) in [6, 6.07) is 0. The highest BCUT2D eigenvalue weighted by atomic mass is 17.3. The maximum atomic E-state index is 11.3. The summed E-state index contributed by atoms with van der Waals surface area (Å²) in [5, 5.41) is 0. The molecule has 0 radical (unpaired) electrons. The molecule has 0 amide bonds. The lowest BCUT2D eigenvalue weighted by atomic mass is 9.53. The van der Waals surface area contributed by atoms with Crippen LogP contribution in [0.3, 0.4) is 0 Å². The Morgan fingerprint density at radius 2 is 1.57 bits per heavy atom. The third-order valence-electron chi connectivity index (χ3n) is 7.39. The number of carbonyl (C=O) groups is 1. The molecule has 0 atom stereocenters. The third-order valence-corrected chi connectivity index (χ3v) is 7.39. The second kappa shape index (κ2) is 5.03. The van der Waals surface area contributed by atoms with Crippen molar-refractivity contribution in [3.8, 4) is 0 Å². The summed E-state index contributed by atoms with van der Waals surface area (Å²) >= 11 is 0. The molecule has 23 heavy (non-hydrogen) atoms. The van der Waals surface area contributed by atoms with Gasteiger partial charge in [-0.2, -0.15) is 9.78 Å². The molecule has 4 nitrogen and oxygen atoms in total. The van der Waals surface area contributed by atoms with Gasteiger partial charge in [0.2, 0.25) is 11.6 Å². The van der Waals surface area contributed by atoms with E-state index in [0.29, 0.717) is 30.0 Å². The monoisotopic (exact) mass is 320 g/mol. The van der Waals surface area contributed by atoms with Crippen molar-refractivity contribution in [2.75, 3.05) is 0 Å². The summed E-state index contributed by atoms with van der Waals surface area (Å²) in [5.74, 6) is 2.70. The first-order valence-corrected chi connectivity index (χ1v) is 9.63. The Kier molecular flexibility index (Phi) is 3.25. The van der Waals surface area contributed by atoms with Crippen LogP contribution in [0, 0.1) is 29.6 Å². The zero-order valence-electron chi connectivity index (χ0n) is 14.1. The van der Waals surface area contributed by atoms with Crippen LogP contribution in [0.25, 0.3) is 0 Å². The van der Waals surface area contributed by atoms with E-state index < -0.39 is 11.6 Å². The number of Topliss-reactive ketones (excluding diaryl/α,β-unsaturated/α-hetero) is 1. The number of hydrogen-bond acceptors (Lipinski definition) is 4. The molecule has 0 aromatic carbocycles. The number of hydrogen-bond donors (Lipinski definition) is 0. The summed E-state index contributed by atoms with van der Waals surface area (Å²) in [5.41, 5.74) is 0. The molecular weight excluding hydrogens is 292 g/mol. The van der Waals surface area contributed by atoms with E-state index in [9.17, 15) is 4.79 Å². The summed E-state index contributed by atoms with van der Waals surface area (Å²) in [6.07, 6.45) is 11.0. The standard InChI is InChI=1S/C19H28O4/c1-12(20)6-13-2-4-18(5-3-13)21-19(23-22-18)16-8-14-7-15(10-16)11-17(19)9-14/h13-17H,2-11H2,1H3/t13-,14?,15?,16?,17?,18+,19-. The normalized spacial score (nSPS) is 54.2. The molecule has 1 heterocycles. The zero-order chi connectivity index (χ0) is 15.7. The average molecular weight is 320 g/mol. The topological polar surface area (TPSA) is 44.8 Å². The molecule has 6 rings (SSSR count). The number of carbonyl (C=O) groups excluding carboxylic acids is 1. The highest BCUT2D eigenvalue weighted by molar-refractivity contribution is 5.75. The smallest absolute Gasteiger partial charge is 0.210 e. The molecular formula is C19H28O4. The van der Waals surface area contributed by atoms with Crippen LogP contribution >= 0.6 is 0 Å². The molecule has 4 bridgehead atoms. The third kappa shape index (κ3) is 2.25. The molecule has 2 spiro atoms. The van der Waals surface area contributed by atoms with E-state index in [1.54, 1.807) is 6.92 Å². The first kappa shape index (κ1) is 14.9. The molecule has 6 fully saturated rings. The maximum absolute atomic E-state index is 11.3. The Labute approximate surface area is 138 Å². The second-order valence-electron chi connectivity index (χ2n) is 9.05. The predicted molar refractivity (Wildman–Crippen MR) is 83.0 cm³/mol. The fourth-order valence-corrected chi connectivity index (χ4v) is 6.52. The number of ether oxygens (including phenoxy) is 1. The van der Waals surface area contributed by atoms with Crippen molar-refractivity contribution >= 4 is 5.78 Å². The van der Waals surface area contributed by atoms with Gasteiger partial charge in [-0.15, -0.1) is 0 Å². The number of rotatable bonds is 2. The lowest BCUT2D eigenvalue weighted by Gasteiger charge is -2.57. The summed E-state index contributed by atoms with van der Waals surface area (Å²) in [7, 11) is 0. The molecule has 0 unspecified atom stereocenters. The van der Waals surface area contributed by atoms with Crippen LogP contribution in [0.15, 0.2) is 0 Å². The average Bonchev–Trinajstić information content (AvgIpc) is 2.87. The van der Waals surface area contributed by atoms with E-state index in [4.69, 9.17) is 14.5 Å². The minimum atomic E-state index is -0.525. The Morgan fingerprint density at radius 3 is 2.13 bits per heavy atom. The highest BCUT2D eigenvalue weighted by Crippen LogP contribution is 2.63. The zero-order valence-corrected chi connectivity index (χ0v) is 14.1. The molecule has 6 aliphatic rings. The van der Waals surface area contributed by atoms with E-state index in [0.717, 1.165) is 37.5 Å². The van der Waals surface area contributed by atoms with Gasteiger partial charge in [-0.3, -0.25) is 0 Å². The predicted octanol–water partition coefficient (Wildman–Crippen LogP) is 3.98. The van der Waals surface area contributed by atoms with Gasteiger partial charge in [0.05, 0.1) is 0 Å². The first-order chi connectivity index (χ1) is 11.1. The van der Waals surface area contributed by atoms with Crippen molar-refractivity contribution in [1.29, 1.82) is 0 Å². The highest BCUT2D eigenvalue weighted by Gasteiger charge is 2.66. The van der Waals surface area contributed by atoms with Crippen LogP contribution in [0.2, 0.25) is 0 Å². The van der Waals surface area contributed by atoms with Crippen LogP contribution in [-0.2, 0) is 19.3 Å². The van der Waals surface area contributed by atoms with Gasteiger partial charge in [-0.1, -0.05) is 0 Å². The second-order valence-corrected chi connectivity index (χ2v) is 9.05. The van der Waals surface area contributed by atoms with Crippen molar-refractivity contribution in [2.45, 2.75) is 82.7 Å². The van der Waals surface area contributed by atoms with Crippen LogP contribution in [0.5, 0.6) is 0 Å². The van der Waals surface area contributed by atoms with Crippen molar-refractivity contribution in [1.82, 2.24) is 0 Å². The molecule has 1 saturated heterocycles. The van der Waals surface area contributed by atoms with Gasteiger partial charge in [0.1, 0.15) is 5.78 Å². The molecule has 0 aromatic heterocycles. The lowest BCUT2D eigenvalue weighted by Crippen LogP contribution is -2.59. The van der Waals surface area contributed by atoms with Gasteiger partial charge in [-0.05, 0) is 69.6 Å². The van der Waals surface area contributed by atoms with E-state index in [-0.39, 0.29) is 0 Å². The van der Waals surface area contributed by atoms with E-state index in [1.807, 2.05) is 0 Å². The Balaban J connectivity index is 1.31. The minimum absolute atomic E-state index is 0.299. The van der Waals surface area contributed by atoms with Gasteiger partial charge >= 0.3 is 0 Å². The Bertz CT molecular complexity index is 477. The SMILES string of the molecule is CC(=O)C[C@H]1CC[C@]2(CC1)OO[C@]1(O2)C2CC3CC(C2)CC1C3. The van der Waals surface area contributed by atoms with E-state index >= 15 is 0 Å². The van der Waals surface area contributed by atoms with Gasteiger partial charge in [0.15, 0.2) is 0 Å². The molecule has 1 aliphatic heterocycles. The largest absolute Gasteiger partial charge is 0.312 e. The molecule has 5 saturated carbocycles. The maximum Gasteiger partial charge on any atom is 0.210 e. The fourth-order valence-electron chi connectivity index (χ4n) is 6.52. The Morgan fingerprint density at radius 1 is 0.957 bits per heavy atom. The van der Waals surface area contributed by atoms with Crippen LogP contribution < -0.4 is 0 Å². The minimum Gasteiger partial charge on any atom is -0.312 e. The van der Waals surface area contributed by atoms with Crippen molar-refractivity contribution in [2.24, 2.45) is 29.6 Å². The lowest BCUT2D eigenvalue weighted by molar-refractivity contribution is -0.390. The molecule has 128 valence electrons. The molecule has 0 aromatic rings. The number of ketones is 1. The van der Waals surface area contributed by atoms with Gasteiger partial charge < -0.3 is 9.53 Å². The molecule has 4 heteroatoms. The first-order valence-electron chi connectivity index (χ1n) is 9.63. The van der Waals surface area contributed by atoms with Crippen molar-refractivity contribution in [3.05, 3.63) is 0 Å². The molecule has 0 N–H and O–H groups in total. The molecule has 5 aliphatic carbocycles.